The van der Waals surface area contributed by atoms with Crippen LogP contribution < -0.4 is 0 Å². The molecule has 0 unspecified atom stereocenters. The van der Waals surface area contributed by atoms with Gasteiger partial charge in [0.15, 0.2) is 0 Å². The van der Waals surface area contributed by atoms with Gasteiger partial charge in [0.1, 0.15) is 0 Å². The summed E-state index contributed by atoms with van der Waals surface area (Å²) in [7, 11) is 0. The number of nitrogens with zero attached hydrogens (tertiary/aromatic N) is 2. The average Bonchev–Trinajstić information content (AvgIpc) is 2.46. The van der Waals surface area contributed by atoms with Crippen molar-refractivity contribution in [1.82, 2.24) is 9.97 Å². The molecule has 0 saturated heterocycles. The van der Waals surface area contributed by atoms with Crippen molar-refractivity contribution in [2.24, 2.45) is 0 Å². The van der Waals surface area contributed by atoms with E-state index in [1.165, 1.54) is 0 Å². The van der Waals surface area contributed by atoms with E-state index in [2.05, 4.69) is 9.97 Å². The van der Waals surface area contributed by atoms with Crippen LogP contribution in [0.2, 0.25) is 0 Å². The number of ether oxygens (including phenoxy) is 1. The second-order valence-electron chi connectivity index (χ2n) is 4.55. The summed E-state index contributed by atoms with van der Waals surface area (Å²) in [6, 6.07) is 9.64. The van der Waals surface area contributed by atoms with Crippen molar-refractivity contribution in [3.63, 3.8) is 0 Å². The SMILES string of the molecule is CCOC(=O)c1cc2cnc3ccccc3c2nc1C. The van der Waals surface area contributed by atoms with Crippen molar-refractivity contribution in [1.29, 1.82) is 0 Å². The molecule has 1 aromatic carbocycles. The van der Waals surface area contributed by atoms with Gasteiger partial charge in [-0.15, -0.1) is 0 Å². The molecule has 0 bridgehead atoms. The molecular weight excluding hydrogens is 252 g/mol. The molecule has 0 aliphatic carbocycles. The molecule has 0 saturated carbocycles. The fourth-order valence-electron chi connectivity index (χ4n) is 2.28. The molecule has 100 valence electrons. The molecule has 3 rings (SSSR count). The summed E-state index contributed by atoms with van der Waals surface area (Å²) >= 11 is 0. The van der Waals surface area contributed by atoms with Crippen LogP contribution in [0.4, 0.5) is 0 Å². The van der Waals surface area contributed by atoms with Gasteiger partial charge >= 0.3 is 5.97 Å². The van der Waals surface area contributed by atoms with Crippen LogP contribution in [-0.4, -0.2) is 22.5 Å². The first kappa shape index (κ1) is 12.5. The van der Waals surface area contributed by atoms with Gasteiger partial charge in [0, 0.05) is 17.0 Å². The Balaban J connectivity index is 2.27. The number of rotatable bonds is 2. The van der Waals surface area contributed by atoms with E-state index in [4.69, 9.17) is 4.74 Å². The lowest BCUT2D eigenvalue weighted by Gasteiger charge is -2.08. The third kappa shape index (κ3) is 1.99. The Morgan fingerprint density at radius 3 is 2.90 bits per heavy atom. The van der Waals surface area contributed by atoms with Gasteiger partial charge in [0.25, 0.3) is 0 Å². The molecule has 0 amide bonds. The zero-order valence-electron chi connectivity index (χ0n) is 11.4. The van der Waals surface area contributed by atoms with Crippen molar-refractivity contribution in [2.75, 3.05) is 6.61 Å². The lowest BCUT2D eigenvalue weighted by atomic mass is 10.1. The van der Waals surface area contributed by atoms with Gasteiger partial charge in [-0.25, -0.2) is 4.79 Å². The molecule has 4 heteroatoms. The smallest absolute Gasteiger partial charge is 0.339 e. The molecule has 20 heavy (non-hydrogen) atoms. The number of carbonyl (C=O) groups is 1. The number of hydrogen-bond acceptors (Lipinski definition) is 4. The van der Waals surface area contributed by atoms with Crippen LogP contribution in [0.25, 0.3) is 21.8 Å². The maximum Gasteiger partial charge on any atom is 0.339 e. The van der Waals surface area contributed by atoms with Crippen LogP contribution in [0.1, 0.15) is 23.0 Å². The highest BCUT2D eigenvalue weighted by atomic mass is 16.5. The van der Waals surface area contributed by atoms with Crippen LogP contribution in [-0.2, 0) is 4.74 Å². The van der Waals surface area contributed by atoms with Crippen LogP contribution >= 0.6 is 0 Å². The summed E-state index contributed by atoms with van der Waals surface area (Å²) in [5, 5.41) is 1.83. The highest BCUT2D eigenvalue weighted by molar-refractivity contribution is 6.05. The van der Waals surface area contributed by atoms with Crippen molar-refractivity contribution < 1.29 is 9.53 Å². The van der Waals surface area contributed by atoms with Crippen LogP contribution in [0.15, 0.2) is 36.5 Å². The predicted molar refractivity (Wildman–Crippen MR) is 77.7 cm³/mol. The summed E-state index contributed by atoms with van der Waals surface area (Å²) < 4.78 is 5.05. The first-order chi connectivity index (χ1) is 9.70. The number of aryl methyl sites for hydroxylation is 1. The molecule has 3 aromatic rings. The zero-order valence-corrected chi connectivity index (χ0v) is 11.4. The Kier molecular flexibility index (Phi) is 3.06. The number of benzene rings is 1. The van der Waals surface area contributed by atoms with Gasteiger partial charge in [-0.2, -0.15) is 0 Å². The fraction of sp³-hybridized carbons (Fsp3) is 0.188. The molecule has 0 N–H and O–H groups in total. The van der Waals surface area contributed by atoms with E-state index >= 15 is 0 Å². The van der Waals surface area contributed by atoms with E-state index in [9.17, 15) is 4.79 Å². The average molecular weight is 266 g/mol. The molecule has 4 nitrogen and oxygen atoms in total. The van der Waals surface area contributed by atoms with E-state index in [1.54, 1.807) is 19.2 Å². The van der Waals surface area contributed by atoms with Crippen molar-refractivity contribution in [3.8, 4) is 0 Å². The third-order valence-electron chi connectivity index (χ3n) is 3.24. The van der Waals surface area contributed by atoms with Crippen LogP contribution in [0.5, 0.6) is 0 Å². The molecule has 2 heterocycles. The van der Waals surface area contributed by atoms with E-state index in [0.717, 1.165) is 21.8 Å². The van der Waals surface area contributed by atoms with Crippen molar-refractivity contribution in [3.05, 3.63) is 47.8 Å². The standard InChI is InChI=1S/C16H14N2O2/c1-3-20-16(19)13-8-11-9-17-14-7-5-4-6-12(14)15(11)18-10(13)2/h4-9H,3H2,1-2H3. The van der Waals surface area contributed by atoms with Gasteiger partial charge in [-0.3, -0.25) is 9.97 Å². The molecular formula is C16H14N2O2. The molecule has 0 radical (unpaired) electrons. The monoisotopic (exact) mass is 266 g/mol. The highest BCUT2D eigenvalue weighted by Crippen LogP contribution is 2.24. The second kappa shape index (κ2) is 4.89. The lowest BCUT2D eigenvalue weighted by Crippen LogP contribution is -2.08. The number of pyridine rings is 2. The molecule has 0 atom stereocenters. The maximum absolute atomic E-state index is 11.9. The summed E-state index contributed by atoms with van der Waals surface area (Å²) in [6.07, 6.45) is 1.74. The number of para-hydroxylation sites is 1. The highest BCUT2D eigenvalue weighted by Gasteiger charge is 2.13. The van der Waals surface area contributed by atoms with E-state index in [0.29, 0.717) is 17.9 Å². The quantitative estimate of drug-likeness (QED) is 0.527. The number of carbonyl (C=O) groups excluding carboxylic acids is 1. The normalized spacial score (nSPS) is 10.9. The number of fused-ring (bicyclic) bond motifs is 3. The molecule has 2 aromatic heterocycles. The molecule has 0 fully saturated rings. The van der Waals surface area contributed by atoms with Gasteiger partial charge in [0.05, 0.1) is 28.9 Å². The summed E-state index contributed by atoms with van der Waals surface area (Å²) in [6.45, 7) is 3.96. The Hall–Kier alpha value is -2.49. The van der Waals surface area contributed by atoms with Gasteiger partial charge < -0.3 is 4.74 Å². The van der Waals surface area contributed by atoms with Crippen LogP contribution in [0, 0.1) is 6.92 Å². The second-order valence-corrected chi connectivity index (χ2v) is 4.55. The first-order valence-corrected chi connectivity index (χ1v) is 6.53. The van der Waals surface area contributed by atoms with Crippen molar-refractivity contribution in [2.45, 2.75) is 13.8 Å². The topological polar surface area (TPSA) is 52.1 Å². The molecule has 0 aliphatic heterocycles. The van der Waals surface area contributed by atoms with Crippen LogP contribution in [0.3, 0.4) is 0 Å². The lowest BCUT2D eigenvalue weighted by molar-refractivity contribution is 0.0525. The van der Waals surface area contributed by atoms with Gasteiger partial charge in [-0.1, -0.05) is 18.2 Å². The Morgan fingerprint density at radius 1 is 1.30 bits per heavy atom. The molecule has 0 aliphatic rings. The van der Waals surface area contributed by atoms with E-state index in [-0.39, 0.29) is 5.97 Å². The Bertz CT molecular complexity index is 812. The minimum absolute atomic E-state index is 0.340. The zero-order chi connectivity index (χ0) is 14.1. The van der Waals surface area contributed by atoms with Gasteiger partial charge in [-0.05, 0) is 26.0 Å². The largest absolute Gasteiger partial charge is 0.462 e. The number of esters is 1. The minimum Gasteiger partial charge on any atom is -0.462 e. The number of hydrogen-bond donors (Lipinski definition) is 0. The Labute approximate surface area is 116 Å². The predicted octanol–water partition coefficient (Wildman–Crippen LogP) is 3.27. The summed E-state index contributed by atoms with van der Waals surface area (Å²) in [5.41, 5.74) is 2.93. The first-order valence-electron chi connectivity index (χ1n) is 6.53. The third-order valence-corrected chi connectivity index (χ3v) is 3.24. The minimum atomic E-state index is -0.340. The summed E-state index contributed by atoms with van der Waals surface area (Å²) in [4.78, 5) is 20.8. The van der Waals surface area contributed by atoms with Gasteiger partial charge in [0.2, 0.25) is 0 Å². The number of aromatic nitrogens is 2. The molecule has 0 spiro atoms. The summed E-state index contributed by atoms with van der Waals surface area (Å²) in [5.74, 6) is -0.340. The Morgan fingerprint density at radius 2 is 2.10 bits per heavy atom. The fourth-order valence-corrected chi connectivity index (χ4v) is 2.28. The van der Waals surface area contributed by atoms with E-state index < -0.39 is 0 Å². The van der Waals surface area contributed by atoms with Crippen molar-refractivity contribution >= 4 is 27.8 Å². The van der Waals surface area contributed by atoms with E-state index in [1.807, 2.05) is 31.2 Å². The maximum atomic E-state index is 11.9.